The number of hydrazine groups is 1. The summed E-state index contributed by atoms with van der Waals surface area (Å²) in [6.07, 6.45) is 1.32. The number of furan rings is 1. The average molecular weight is 302 g/mol. The second-order valence-corrected chi connectivity index (χ2v) is 4.38. The predicted molar refractivity (Wildman–Crippen MR) is 79.3 cm³/mol. The molecule has 0 aliphatic heterocycles. The zero-order valence-corrected chi connectivity index (χ0v) is 11.7. The van der Waals surface area contributed by atoms with Gasteiger partial charge in [-0.05, 0) is 36.8 Å². The first-order valence-electron chi connectivity index (χ1n) is 6.25. The van der Waals surface area contributed by atoms with Gasteiger partial charge >= 0.3 is 12.0 Å². The number of aryl methyl sites for hydroxylation is 1. The van der Waals surface area contributed by atoms with Gasteiger partial charge in [0.1, 0.15) is 11.5 Å². The number of rotatable bonds is 4. The molecule has 2 rings (SSSR count). The molecule has 0 bridgehead atoms. The van der Waals surface area contributed by atoms with E-state index >= 15 is 0 Å². The Morgan fingerprint density at radius 1 is 1.32 bits per heavy atom. The minimum absolute atomic E-state index is 0.214. The Morgan fingerprint density at radius 2 is 2.09 bits per heavy atom. The molecule has 8 heteroatoms. The van der Waals surface area contributed by atoms with Crippen LogP contribution in [0.3, 0.4) is 0 Å². The van der Waals surface area contributed by atoms with E-state index in [2.05, 4.69) is 10.5 Å². The summed E-state index contributed by atoms with van der Waals surface area (Å²) >= 11 is 0. The molecule has 0 saturated carbocycles. The maximum atomic E-state index is 10.9. The highest BCUT2D eigenvalue weighted by Gasteiger charge is 2.10. The molecule has 0 aliphatic rings. The van der Waals surface area contributed by atoms with Crippen LogP contribution in [0, 0.1) is 6.92 Å². The highest BCUT2D eigenvalue weighted by Crippen LogP contribution is 2.26. The smallest absolute Gasteiger partial charge is 0.349 e. The Labute approximate surface area is 125 Å². The second-order valence-electron chi connectivity index (χ2n) is 4.38. The van der Waals surface area contributed by atoms with Crippen LogP contribution in [0.1, 0.15) is 21.7 Å². The lowest BCUT2D eigenvalue weighted by Crippen LogP contribution is -2.37. The van der Waals surface area contributed by atoms with Crippen molar-refractivity contribution in [1.29, 1.82) is 0 Å². The van der Waals surface area contributed by atoms with Gasteiger partial charge in [-0.3, -0.25) is 5.43 Å². The Balaban J connectivity index is 2.18. The maximum absolute atomic E-state index is 10.9. The van der Waals surface area contributed by atoms with E-state index in [1.165, 1.54) is 12.3 Å². The number of nitrogens with one attached hydrogen (secondary N) is 2. The summed E-state index contributed by atoms with van der Waals surface area (Å²) < 4.78 is 5.57. The van der Waals surface area contributed by atoms with Crippen LogP contribution < -0.4 is 16.7 Å². The Kier molecular flexibility index (Phi) is 4.54. The number of hydrazone groups is 1. The SMILES string of the molecule is Cc1cc(C(=O)O)ccc1-c1ccc(/C=N/NC(=O)NN)o1. The van der Waals surface area contributed by atoms with E-state index < -0.39 is 12.0 Å². The van der Waals surface area contributed by atoms with E-state index in [0.717, 1.165) is 11.1 Å². The van der Waals surface area contributed by atoms with Gasteiger partial charge in [-0.2, -0.15) is 5.10 Å². The third-order valence-electron chi connectivity index (χ3n) is 2.85. The molecular formula is C14H14N4O4. The van der Waals surface area contributed by atoms with Gasteiger partial charge in [0, 0.05) is 5.56 Å². The molecule has 0 saturated heterocycles. The lowest BCUT2D eigenvalue weighted by atomic mass is 10.0. The normalized spacial score (nSPS) is 10.6. The molecule has 5 N–H and O–H groups in total. The maximum Gasteiger partial charge on any atom is 0.349 e. The van der Waals surface area contributed by atoms with Crippen LogP contribution in [0.4, 0.5) is 4.79 Å². The van der Waals surface area contributed by atoms with Gasteiger partial charge in [-0.1, -0.05) is 6.07 Å². The van der Waals surface area contributed by atoms with Crippen LogP contribution in [-0.4, -0.2) is 23.3 Å². The van der Waals surface area contributed by atoms with Crippen LogP contribution in [-0.2, 0) is 0 Å². The third kappa shape index (κ3) is 3.49. The molecule has 1 heterocycles. The van der Waals surface area contributed by atoms with E-state index in [4.69, 9.17) is 15.4 Å². The number of hydrogen-bond acceptors (Lipinski definition) is 5. The van der Waals surface area contributed by atoms with E-state index in [9.17, 15) is 9.59 Å². The Morgan fingerprint density at radius 3 is 2.73 bits per heavy atom. The number of carboxylic acid groups (broad SMARTS) is 1. The van der Waals surface area contributed by atoms with Crippen molar-refractivity contribution >= 4 is 18.2 Å². The van der Waals surface area contributed by atoms with Crippen LogP contribution in [0.2, 0.25) is 0 Å². The number of nitrogens with two attached hydrogens (primary N) is 1. The molecule has 0 fully saturated rings. The summed E-state index contributed by atoms with van der Waals surface area (Å²) in [5.74, 6) is 4.89. The highest BCUT2D eigenvalue weighted by molar-refractivity contribution is 5.89. The first-order valence-corrected chi connectivity index (χ1v) is 6.25. The molecule has 0 unspecified atom stereocenters. The van der Waals surface area contributed by atoms with E-state index in [-0.39, 0.29) is 5.56 Å². The van der Waals surface area contributed by atoms with Gasteiger partial charge in [0.15, 0.2) is 0 Å². The summed E-state index contributed by atoms with van der Waals surface area (Å²) in [6, 6.07) is 7.51. The van der Waals surface area contributed by atoms with Crippen molar-refractivity contribution in [3.05, 3.63) is 47.2 Å². The Bertz CT molecular complexity index is 736. The minimum atomic E-state index is -0.980. The number of carbonyl (C=O) groups is 2. The minimum Gasteiger partial charge on any atom is -0.478 e. The average Bonchev–Trinajstić information content (AvgIpc) is 2.95. The zero-order valence-electron chi connectivity index (χ0n) is 11.7. The quantitative estimate of drug-likeness (QED) is 0.294. The highest BCUT2D eigenvalue weighted by atomic mass is 16.4. The number of nitrogens with zero attached hydrogens (tertiary/aromatic N) is 1. The number of aromatic carboxylic acids is 1. The number of benzene rings is 1. The molecule has 8 nitrogen and oxygen atoms in total. The summed E-state index contributed by atoms with van der Waals surface area (Å²) in [5, 5.41) is 12.6. The van der Waals surface area contributed by atoms with E-state index in [0.29, 0.717) is 11.5 Å². The van der Waals surface area contributed by atoms with Crippen molar-refractivity contribution < 1.29 is 19.1 Å². The fraction of sp³-hybridized carbons (Fsp3) is 0.0714. The predicted octanol–water partition coefficient (Wildman–Crippen LogP) is 1.46. The molecule has 0 aliphatic carbocycles. The van der Waals surface area contributed by atoms with Gasteiger partial charge in [0.05, 0.1) is 11.8 Å². The molecule has 22 heavy (non-hydrogen) atoms. The monoisotopic (exact) mass is 302 g/mol. The number of urea groups is 1. The largest absolute Gasteiger partial charge is 0.478 e. The van der Waals surface area contributed by atoms with Crippen LogP contribution in [0.5, 0.6) is 0 Å². The first-order chi connectivity index (χ1) is 10.5. The standard InChI is InChI=1S/C14H14N4O4/c1-8-6-9(13(19)20)2-4-11(8)12-5-3-10(22-12)7-16-18-14(21)17-15/h2-7H,15H2,1H3,(H,19,20)(H2,17,18,21)/b16-7+. The van der Waals surface area contributed by atoms with Crippen molar-refractivity contribution in [2.45, 2.75) is 6.92 Å². The fourth-order valence-electron chi connectivity index (χ4n) is 1.83. The van der Waals surface area contributed by atoms with Crippen LogP contribution in [0.25, 0.3) is 11.3 Å². The van der Waals surface area contributed by atoms with Crippen LogP contribution >= 0.6 is 0 Å². The van der Waals surface area contributed by atoms with Gasteiger partial charge in [-0.15, -0.1) is 0 Å². The number of carboxylic acids is 1. The van der Waals surface area contributed by atoms with Gasteiger partial charge in [-0.25, -0.2) is 20.9 Å². The summed E-state index contributed by atoms with van der Waals surface area (Å²) in [7, 11) is 0. The fourth-order valence-corrected chi connectivity index (χ4v) is 1.83. The van der Waals surface area contributed by atoms with Gasteiger partial charge in [0.25, 0.3) is 0 Å². The molecule has 2 aromatic rings. The van der Waals surface area contributed by atoms with Crippen molar-refractivity contribution in [2.24, 2.45) is 10.9 Å². The number of amides is 2. The lowest BCUT2D eigenvalue weighted by Gasteiger charge is -2.03. The summed E-state index contributed by atoms with van der Waals surface area (Å²) in [5.41, 5.74) is 5.76. The van der Waals surface area contributed by atoms with Crippen molar-refractivity contribution in [1.82, 2.24) is 10.9 Å². The first kappa shape index (κ1) is 15.3. The third-order valence-corrected chi connectivity index (χ3v) is 2.85. The zero-order chi connectivity index (χ0) is 16.1. The molecule has 2 amide bonds. The molecular weight excluding hydrogens is 288 g/mol. The van der Waals surface area contributed by atoms with Gasteiger partial charge in [0.2, 0.25) is 0 Å². The molecule has 0 spiro atoms. The molecule has 0 radical (unpaired) electrons. The van der Waals surface area contributed by atoms with E-state index in [1.54, 1.807) is 31.2 Å². The summed E-state index contributed by atoms with van der Waals surface area (Å²) in [4.78, 5) is 21.7. The topological polar surface area (TPSA) is 130 Å². The number of carbonyl (C=O) groups excluding carboxylic acids is 1. The lowest BCUT2D eigenvalue weighted by molar-refractivity contribution is 0.0696. The Hall–Kier alpha value is -3.13. The van der Waals surface area contributed by atoms with Crippen LogP contribution in [0.15, 0.2) is 39.9 Å². The van der Waals surface area contributed by atoms with Gasteiger partial charge < -0.3 is 9.52 Å². The molecule has 0 atom stereocenters. The number of hydrogen-bond donors (Lipinski definition) is 4. The molecule has 1 aromatic carbocycles. The summed E-state index contributed by atoms with van der Waals surface area (Å²) in [6.45, 7) is 1.80. The molecule has 114 valence electrons. The van der Waals surface area contributed by atoms with Crippen molar-refractivity contribution in [3.8, 4) is 11.3 Å². The molecule has 1 aromatic heterocycles. The second kappa shape index (κ2) is 6.55. The van der Waals surface area contributed by atoms with E-state index in [1.807, 2.05) is 5.43 Å². The van der Waals surface area contributed by atoms with Crippen molar-refractivity contribution in [3.63, 3.8) is 0 Å². The van der Waals surface area contributed by atoms with Crippen molar-refractivity contribution in [2.75, 3.05) is 0 Å².